The summed E-state index contributed by atoms with van der Waals surface area (Å²) < 4.78 is 10.4. The minimum atomic E-state index is -0.481. The summed E-state index contributed by atoms with van der Waals surface area (Å²) in [7, 11) is 0. The largest absolute Gasteiger partial charge is 0.392 e. The van der Waals surface area contributed by atoms with Crippen LogP contribution in [-0.2, 0) is 14.3 Å². The molecule has 94 valence electrons. The van der Waals surface area contributed by atoms with Crippen molar-refractivity contribution in [3.63, 3.8) is 0 Å². The van der Waals surface area contributed by atoms with Gasteiger partial charge in [-0.25, -0.2) is 0 Å². The first-order chi connectivity index (χ1) is 7.70. The van der Waals surface area contributed by atoms with Gasteiger partial charge in [0.1, 0.15) is 0 Å². The van der Waals surface area contributed by atoms with Crippen LogP contribution in [0.15, 0.2) is 0 Å². The molecule has 2 unspecified atom stereocenters. The quantitative estimate of drug-likeness (QED) is 0.485. The lowest BCUT2D eigenvalue weighted by molar-refractivity contribution is -0.147. The summed E-state index contributed by atoms with van der Waals surface area (Å²) in [6.07, 6.45) is -0.851. The summed E-state index contributed by atoms with van der Waals surface area (Å²) in [5.41, 5.74) is 0. The highest BCUT2D eigenvalue weighted by Crippen LogP contribution is 1.99. The normalized spacial score (nSPS) is 22.8. The predicted molar refractivity (Wildman–Crippen MR) is 58.1 cm³/mol. The molecule has 3 N–H and O–H groups in total. The van der Waals surface area contributed by atoms with Crippen LogP contribution in [0.1, 0.15) is 6.92 Å². The van der Waals surface area contributed by atoms with Crippen LogP contribution in [0, 0.1) is 0 Å². The first-order valence-corrected chi connectivity index (χ1v) is 5.56. The fourth-order valence-corrected chi connectivity index (χ4v) is 1.34. The number of hydrogen-bond acceptors (Lipinski definition) is 5. The standard InChI is InChI=1S/C10H20N2O4/c1-8(13)6-11-2-3-12-10(14)9-7-15-4-5-16-9/h8-9,11,13H,2-7H2,1H3,(H,12,14). The lowest BCUT2D eigenvalue weighted by atomic mass is 10.3. The zero-order valence-electron chi connectivity index (χ0n) is 9.57. The molecule has 0 aromatic rings. The Kier molecular flexibility index (Phi) is 6.32. The number of aliphatic hydroxyl groups is 1. The topological polar surface area (TPSA) is 79.8 Å². The fraction of sp³-hybridized carbons (Fsp3) is 0.900. The molecule has 1 fully saturated rings. The number of hydrogen-bond donors (Lipinski definition) is 3. The van der Waals surface area contributed by atoms with Gasteiger partial charge in [0.15, 0.2) is 6.10 Å². The molecule has 1 heterocycles. The summed E-state index contributed by atoms with van der Waals surface area (Å²) in [6, 6.07) is 0. The van der Waals surface area contributed by atoms with E-state index in [1.54, 1.807) is 6.92 Å². The van der Waals surface area contributed by atoms with Crippen LogP contribution >= 0.6 is 0 Å². The monoisotopic (exact) mass is 232 g/mol. The van der Waals surface area contributed by atoms with Gasteiger partial charge in [0.25, 0.3) is 5.91 Å². The highest BCUT2D eigenvalue weighted by atomic mass is 16.6. The van der Waals surface area contributed by atoms with Crippen molar-refractivity contribution in [1.29, 1.82) is 0 Å². The molecule has 0 spiro atoms. The van der Waals surface area contributed by atoms with Crippen LogP contribution < -0.4 is 10.6 Å². The minimum absolute atomic E-state index is 0.140. The number of ether oxygens (including phenoxy) is 2. The molecule has 0 saturated carbocycles. The summed E-state index contributed by atoms with van der Waals surface area (Å²) in [6.45, 7) is 4.73. The number of carbonyl (C=O) groups is 1. The van der Waals surface area contributed by atoms with Crippen LogP contribution in [-0.4, -0.2) is 62.7 Å². The number of rotatable bonds is 6. The van der Waals surface area contributed by atoms with E-state index in [1.807, 2.05) is 0 Å². The van der Waals surface area contributed by atoms with E-state index >= 15 is 0 Å². The van der Waals surface area contributed by atoms with Gasteiger partial charge in [0.2, 0.25) is 0 Å². The number of nitrogens with one attached hydrogen (secondary N) is 2. The van der Waals surface area contributed by atoms with Crippen molar-refractivity contribution in [2.45, 2.75) is 19.1 Å². The summed E-state index contributed by atoms with van der Waals surface area (Å²) in [4.78, 5) is 11.5. The van der Waals surface area contributed by atoms with E-state index in [1.165, 1.54) is 0 Å². The molecule has 1 rings (SSSR count). The molecule has 16 heavy (non-hydrogen) atoms. The summed E-state index contributed by atoms with van der Waals surface area (Å²) in [5.74, 6) is -0.140. The van der Waals surface area contributed by atoms with E-state index in [2.05, 4.69) is 10.6 Å². The van der Waals surface area contributed by atoms with Gasteiger partial charge in [-0.3, -0.25) is 4.79 Å². The second kappa shape index (κ2) is 7.56. The molecule has 6 heteroatoms. The molecule has 0 bridgehead atoms. The Morgan fingerprint density at radius 2 is 2.31 bits per heavy atom. The van der Waals surface area contributed by atoms with Crippen molar-refractivity contribution in [2.75, 3.05) is 39.5 Å². The van der Waals surface area contributed by atoms with Gasteiger partial charge in [-0.2, -0.15) is 0 Å². The van der Waals surface area contributed by atoms with Gasteiger partial charge in [0.05, 0.1) is 25.9 Å². The van der Waals surface area contributed by atoms with Crippen LogP contribution in [0.25, 0.3) is 0 Å². The van der Waals surface area contributed by atoms with Crippen LogP contribution in [0.3, 0.4) is 0 Å². The van der Waals surface area contributed by atoms with Crippen LogP contribution in [0.5, 0.6) is 0 Å². The number of carbonyl (C=O) groups excluding carboxylic acids is 1. The maximum Gasteiger partial charge on any atom is 0.251 e. The number of aliphatic hydroxyl groups excluding tert-OH is 1. The lowest BCUT2D eigenvalue weighted by Crippen LogP contribution is -2.44. The van der Waals surface area contributed by atoms with Gasteiger partial charge >= 0.3 is 0 Å². The predicted octanol–water partition coefficient (Wildman–Crippen LogP) is -1.51. The van der Waals surface area contributed by atoms with Gasteiger partial charge in [-0.15, -0.1) is 0 Å². The average Bonchev–Trinajstić information content (AvgIpc) is 2.29. The SMILES string of the molecule is CC(O)CNCCNC(=O)C1COCCO1. The fourth-order valence-electron chi connectivity index (χ4n) is 1.34. The molecule has 2 atom stereocenters. The molecular formula is C10H20N2O4. The Morgan fingerprint density at radius 3 is 2.94 bits per heavy atom. The van der Waals surface area contributed by atoms with E-state index in [9.17, 15) is 4.79 Å². The first kappa shape index (κ1) is 13.4. The number of amides is 1. The second-order valence-electron chi connectivity index (χ2n) is 3.78. The molecular weight excluding hydrogens is 212 g/mol. The van der Waals surface area contributed by atoms with E-state index in [-0.39, 0.29) is 12.0 Å². The highest BCUT2D eigenvalue weighted by Gasteiger charge is 2.21. The van der Waals surface area contributed by atoms with Crippen LogP contribution in [0.2, 0.25) is 0 Å². The molecule has 0 aliphatic carbocycles. The lowest BCUT2D eigenvalue weighted by Gasteiger charge is -2.22. The Bertz CT molecular complexity index is 205. The summed E-state index contributed by atoms with van der Waals surface area (Å²) in [5, 5.41) is 14.7. The van der Waals surface area contributed by atoms with E-state index in [4.69, 9.17) is 14.6 Å². The van der Waals surface area contributed by atoms with Crippen molar-refractivity contribution in [1.82, 2.24) is 10.6 Å². The molecule has 1 aliphatic rings. The molecule has 6 nitrogen and oxygen atoms in total. The van der Waals surface area contributed by atoms with Gasteiger partial charge in [-0.05, 0) is 6.92 Å². The van der Waals surface area contributed by atoms with Crippen molar-refractivity contribution < 1.29 is 19.4 Å². The molecule has 0 radical (unpaired) electrons. The smallest absolute Gasteiger partial charge is 0.251 e. The highest BCUT2D eigenvalue weighted by molar-refractivity contribution is 5.80. The molecule has 1 amide bonds. The Hall–Kier alpha value is -0.690. The van der Waals surface area contributed by atoms with Crippen molar-refractivity contribution in [3.8, 4) is 0 Å². The van der Waals surface area contributed by atoms with E-state index < -0.39 is 6.10 Å². The Morgan fingerprint density at radius 1 is 1.50 bits per heavy atom. The van der Waals surface area contributed by atoms with Crippen molar-refractivity contribution in [3.05, 3.63) is 0 Å². The third-order valence-electron chi connectivity index (χ3n) is 2.15. The molecule has 1 aliphatic heterocycles. The molecule has 0 aromatic carbocycles. The Labute approximate surface area is 95.3 Å². The van der Waals surface area contributed by atoms with E-state index in [0.29, 0.717) is 39.5 Å². The zero-order chi connectivity index (χ0) is 11.8. The maximum atomic E-state index is 11.5. The van der Waals surface area contributed by atoms with E-state index in [0.717, 1.165) is 0 Å². The van der Waals surface area contributed by atoms with Crippen molar-refractivity contribution >= 4 is 5.91 Å². The molecule has 1 saturated heterocycles. The third kappa shape index (κ3) is 5.41. The summed E-state index contributed by atoms with van der Waals surface area (Å²) >= 11 is 0. The maximum absolute atomic E-state index is 11.5. The van der Waals surface area contributed by atoms with Gasteiger partial charge in [-0.1, -0.05) is 0 Å². The third-order valence-corrected chi connectivity index (χ3v) is 2.15. The minimum Gasteiger partial charge on any atom is -0.392 e. The second-order valence-corrected chi connectivity index (χ2v) is 3.78. The van der Waals surface area contributed by atoms with Gasteiger partial charge < -0.3 is 25.2 Å². The van der Waals surface area contributed by atoms with Crippen molar-refractivity contribution in [2.24, 2.45) is 0 Å². The Balaban J connectivity index is 2.01. The first-order valence-electron chi connectivity index (χ1n) is 5.56. The molecule has 0 aromatic heterocycles. The zero-order valence-corrected chi connectivity index (χ0v) is 9.57. The average molecular weight is 232 g/mol. The van der Waals surface area contributed by atoms with Crippen LogP contribution in [0.4, 0.5) is 0 Å². The van der Waals surface area contributed by atoms with Gasteiger partial charge in [0, 0.05) is 19.6 Å².